The van der Waals surface area contributed by atoms with Gasteiger partial charge in [-0.1, -0.05) is 0 Å². The highest BCUT2D eigenvalue weighted by Gasteiger charge is 2.03. The highest BCUT2D eigenvalue weighted by atomic mass is 16.2. The van der Waals surface area contributed by atoms with E-state index in [9.17, 15) is 9.59 Å². The van der Waals surface area contributed by atoms with Crippen molar-refractivity contribution >= 4 is 11.0 Å². The van der Waals surface area contributed by atoms with Gasteiger partial charge in [-0.2, -0.15) is 0 Å². The zero-order valence-corrected chi connectivity index (χ0v) is 6.39. The van der Waals surface area contributed by atoms with E-state index in [4.69, 9.17) is 0 Å². The van der Waals surface area contributed by atoms with Crippen LogP contribution in [-0.4, -0.2) is 15.0 Å². The summed E-state index contributed by atoms with van der Waals surface area (Å²) in [7, 11) is 0. The van der Waals surface area contributed by atoms with Gasteiger partial charge in [-0.15, -0.1) is 0 Å². The lowest BCUT2D eigenvalue weighted by molar-refractivity contribution is 1.08. The van der Waals surface area contributed by atoms with Crippen LogP contribution >= 0.6 is 0 Å². The normalized spacial score (nSPS) is 10.8. The minimum Gasteiger partial charge on any atom is -0.355 e. The molecule has 0 radical (unpaired) electrons. The van der Waals surface area contributed by atoms with Crippen molar-refractivity contribution in [1.82, 2.24) is 15.0 Å². The van der Waals surface area contributed by atoms with E-state index in [-0.39, 0.29) is 5.56 Å². The Labute approximate surface area is 66.4 Å². The molecule has 5 nitrogen and oxygen atoms in total. The predicted molar refractivity (Wildman–Crippen MR) is 44.3 cm³/mol. The summed E-state index contributed by atoms with van der Waals surface area (Å²) in [6.07, 6.45) is 1.68. The van der Waals surface area contributed by atoms with Crippen molar-refractivity contribution in [3.63, 3.8) is 0 Å². The third-order valence-corrected chi connectivity index (χ3v) is 1.77. The van der Waals surface area contributed by atoms with Crippen LogP contribution in [0.2, 0.25) is 0 Å². The van der Waals surface area contributed by atoms with Crippen LogP contribution in [-0.2, 0) is 0 Å². The lowest BCUT2D eigenvalue weighted by Crippen LogP contribution is -2.21. The Hall–Kier alpha value is -1.78. The second kappa shape index (κ2) is 2.10. The fraction of sp³-hybridized carbons (Fsp3) is 0.143. The molecule has 2 aromatic heterocycles. The van der Waals surface area contributed by atoms with Gasteiger partial charge < -0.3 is 9.97 Å². The van der Waals surface area contributed by atoms with Crippen LogP contribution in [0.1, 0.15) is 5.56 Å². The summed E-state index contributed by atoms with van der Waals surface area (Å²) in [5, 5.41) is 0. The van der Waals surface area contributed by atoms with Gasteiger partial charge in [0.25, 0.3) is 5.56 Å². The quantitative estimate of drug-likeness (QED) is 0.507. The van der Waals surface area contributed by atoms with Crippen molar-refractivity contribution in [3.05, 3.63) is 32.6 Å². The van der Waals surface area contributed by atoms with Gasteiger partial charge in [0.2, 0.25) is 0 Å². The number of hydrogen-bond donors (Lipinski definition) is 3. The van der Waals surface area contributed by atoms with E-state index in [1.807, 2.05) is 6.92 Å². The average Bonchev–Trinajstić information content (AvgIpc) is 2.33. The van der Waals surface area contributed by atoms with Crippen molar-refractivity contribution in [2.75, 3.05) is 0 Å². The van der Waals surface area contributed by atoms with Gasteiger partial charge in [0.15, 0.2) is 0 Å². The Morgan fingerprint density at radius 2 is 1.92 bits per heavy atom. The zero-order valence-electron chi connectivity index (χ0n) is 6.39. The van der Waals surface area contributed by atoms with Crippen LogP contribution in [0.4, 0.5) is 0 Å². The fourth-order valence-electron chi connectivity index (χ4n) is 1.17. The van der Waals surface area contributed by atoms with Crippen LogP contribution in [0.5, 0.6) is 0 Å². The molecule has 0 aliphatic heterocycles. The van der Waals surface area contributed by atoms with Gasteiger partial charge in [-0.3, -0.25) is 9.78 Å². The number of aromatic nitrogens is 3. The molecule has 0 saturated heterocycles. The maximum Gasteiger partial charge on any atom is 0.326 e. The average molecular weight is 165 g/mol. The Bertz CT molecular complexity index is 531. The van der Waals surface area contributed by atoms with Gasteiger partial charge >= 0.3 is 5.69 Å². The summed E-state index contributed by atoms with van der Waals surface area (Å²) in [6, 6.07) is 0. The summed E-state index contributed by atoms with van der Waals surface area (Å²) in [5.74, 6) is 0. The maximum absolute atomic E-state index is 11.1. The lowest BCUT2D eigenvalue weighted by atomic mass is 10.3. The molecule has 0 aliphatic carbocycles. The number of aryl methyl sites for hydroxylation is 1. The standard InChI is InChI=1S/C7H7N3O2/c1-3-2-8-5-4(3)9-7(12)10-6(5)11/h2,8H,1H3,(H2,9,10,11,12). The molecule has 0 aliphatic rings. The summed E-state index contributed by atoms with van der Waals surface area (Å²) < 4.78 is 0. The molecule has 0 bridgehead atoms. The molecule has 0 spiro atoms. The van der Waals surface area contributed by atoms with Gasteiger partial charge in [-0.25, -0.2) is 4.79 Å². The van der Waals surface area contributed by atoms with Gasteiger partial charge in [0, 0.05) is 6.20 Å². The number of nitrogens with one attached hydrogen (secondary N) is 3. The largest absolute Gasteiger partial charge is 0.355 e. The minimum atomic E-state index is -0.477. The Kier molecular flexibility index (Phi) is 1.21. The highest BCUT2D eigenvalue weighted by molar-refractivity contribution is 5.76. The van der Waals surface area contributed by atoms with Crippen molar-refractivity contribution < 1.29 is 0 Å². The third kappa shape index (κ3) is 0.795. The molecule has 12 heavy (non-hydrogen) atoms. The Balaban J connectivity index is 3.13. The molecule has 3 N–H and O–H groups in total. The number of aromatic amines is 3. The second-order valence-electron chi connectivity index (χ2n) is 2.63. The monoisotopic (exact) mass is 165 g/mol. The molecular formula is C7H7N3O2. The predicted octanol–water partition coefficient (Wildman–Crippen LogP) is -0.147. The van der Waals surface area contributed by atoms with Crippen LogP contribution in [0.25, 0.3) is 11.0 Å². The highest BCUT2D eigenvalue weighted by Crippen LogP contribution is 2.07. The molecule has 62 valence electrons. The van der Waals surface area contributed by atoms with E-state index >= 15 is 0 Å². The number of fused-ring (bicyclic) bond motifs is 1. The van der Waals surface area contributed by atoms with E-state index in [0.29, 0.717) is 11.0 Å². The molecule has 0 saturated carbocycles. The fourth-order valence-corrected chi connectivity index (χ4v) is 1.17. The third-order valence-electron chi connectivity index (χ3n) is 1.77. The molecular weight excluding hydrogens is 158 g/mol. The molecule has 2 aromatic rings. The zero-order chi connectivity index (χ0) is 8.72. The number of hydrogen-bond acceptors (Lipinski definition) is 2. The second-order valence-corrected chi connectivity index (χ2v) is 2.63. The van der Waals surface area contributed by atoms with Crippen LogP contribution < -0.4 is 11.2 Å². The molecule has 2 heterocycles. The number of rotatable bonds is 0. The van der Waals surface area contributed by atoms with Gasteiger partial charge in [0.1, 0.15) is 5.52 Å². The lowest BCUT2D eigenvalue weighted by Gasteiger charge is -1.88. The van der Waals surface area contributed by atoms with Crippen molar-refractivity contribution in [2.45, 2.75) is 6.92 Å². The van der Waals surface area contributed by atoms with Gasteiger partial charge in [-0.05, 0) is 12.5 Å². The van der Waals surface area contributed by atoms with Crippen LogP contribution in [0, 0.1) is 6.92 Å². The minimum absolute atomic E-state index is 0.387. The molecule has 0 atom stereocenters. The van der Waals surface area contributed by atoms with Crippen molar-refractivity contribution in [3.8, 4) is 0 Å². The summed E-state index contributed by atoms with van der Waals surface area (Å²) >= 11 is 0. The molecule has 0 unspecified atom stereocenters. The molecule has 0 fully saturated rings. The van der Waals surface area contributed by atoms with E-state index in [2.05, 4.69) is 15.0 Å². The maximum atomic E-state index is 11.1. The Morgan fingerprint density at radius 1 is 1.17 bits per heavy atom. The molecule has 0 amide bonds. The van der Waals surface area contributed by atoms with E-state index < -0.39 is 5.69 Å². The number of H-pyrrole nitrogens is 3. The van der Waals surface area contributed by atoms with Crippen LogP contribution in [0.15, 0.2) is 15.8 Å². The van der Waals surface area contributed by atoms with Crippen LogP contribution in [0.3, 0.4) is 0 Å². The molecule has 0 aromatic carbocycles. The van der Waals surface area contributed by atoms with Crippen molar-refractivity contribution in [2.24, 2.45) is 0 Å². The smallest absolute Gasteiger partial charge is 0.326 e. The SMILES string of the molecule is Cc1c[nH]c2c(=O)[nH]c(=O)[nH]c12. The summed E-state index contributed by atoms with van der Waals surface area (Å²) in [4.78, 5) is 29.4. The Morgan fingerprint density at radius 3 is 2.67 bits per heavy atom. The summed E-state index contributed by atoms with van der Waals surface area (Å²) in [5.41, 5.74) is 0.973. The van der Waals surface area contributed by atoms with Gasteiger partial charge in [0.05, 0.1) is 5.52 Å². The van der Waals surface area contributed by atoms with E-state index in [1.165, 1.54) is 0 Å². The first-order valence-corrected chi connectivity index (χ1v) is 3.49. The summed E-state index contributed by atoms with van der Waals surface area (Å²) in [6.45, 7) is 1.81. The first-order chi connectivity index (χ1) is 5.68. The molecule has 2 rings (SSSR count). The van der Waals surface area contributed by atoms with Crippen molar-refractivity contribution in [1.29, 1.82) is 0 Å². The first kappa shape index (κ1) is 6.90. The topological polar surface area (TPSA) is 81.5 Å². The van der Waals surface area contributed by atoms with E-state index in [1.54, 1.807) is 6.20 Å². The van der Waals surface area contributed by atoms with E-state index in [0.717, 1.165) is 5.56 Å². The first-order valence-electron chi connectivity index (χ1n) is 3.49. The molecule has 5 heteroatoms.